The maximum Gasteiger partial charge on any atom is 0.220 e. The van der Waals surface area contributed by atoms with Gasteiger partial charge in [0.15, 0.2) is 0 Å². The summed E-state index contributed by atoms with van der Waals surface area (Å²) in [6.07, 6.45) is 9.78. The van der Waals surface area contributed by atoms with Crippen molar-refractivity contribution in [3.8, 4) is 0 Å². The first-order valence-electron chi connectivity index (χ1n) is 9.11. The number of carbonyl (C=O) groups excluding carboxylic acids is 1. The minimum absolute atomic E-state index is 0.0309. The summed E-state index contributed by atoms with van der Waals surface area (Å²) in [6.45, 7) is 5.58. The number of allylic oxidation sites excluding steroid dienone is 2. The number of nitrogens with one attached hydrogen (secondary N) is 1. The molecule has 6 atom stereocenters. The Hall–Kier alpha value is -0.990. The standard InChI is InChI=1S/C19H29NO2/c1-18-9-10-20-17(22)11-12(18)3-4-13-14-5-6-16(21)19(14,2)8-7-15(13)18/h6,12-15,21H,3-5,7-11H2,1-2H3,(H,20,22)/t12-,13-,14-,15-,18-,19-/m0/s1. The smallest absolute Gasteiger partial charge is 0.220 e. The van der Waals surface area contributed by atoms with Gasteiger partial charge in [-0.3, -0.25) is 4.79 Å². The molecule has 4 rings (SSSR count). The van der Waals surface area contributed by atoms with Gasteiger partial charge in [0.25, 0.3) is 0 Å². The third-order valence-electron chi connectivity index (χ3n) is 8.02. The van der Waals surface area contributed by atoms with E-state index >= 15 is 0 Å². The van der Waals surface area contributed by atoms with Crippen molar-refractivity contribution in [1.82, 2.24) is 5.32 Å². The van der Waals surface area contributed by atoms with Gasteiger partial charge in [-0.25, -0.2) is 0 Å². The van der Waals surface area contributed by atoms with Crippen LogP contribution in [0.5, 0.6) is 0 Å². The van der Waals surface area contributed by atoms with Crippen molar-refractivity contribution in [2.24, 2.45) is 34.5 Å². The highest BCUT2D eigenvalue weighted by atomic mass is 16.3. The maximum atomic E-state index is 12.0. The number of carbonyl (C=O) groups is 1. The van der Waals surface area contributed by atoms with E-state index in [-0.39, 0.29) is 11.3 Å². The van der Waals surface area contributed by atoms with E-state index in [0.717, 1.165) is 44.1 Å². The second-order valence-electron chi connectivity index (χ2n) is 8.74. The molecule has 122 valence electrons. The molecule has 1 heterocycles. The van der Waals surface area contributed by atoms with Gasteiger partial charge in [-0.1, -0.05) is 13.8 Å². The van der Waals surface area contributed by atoms with E-state index in [4.69, 9.17) is 0 Å². The minimum atomic E-state index is 0.0309. The number of aliphatic hydroxyl groups is 1. The molecule has 3 nitrogen and oxygen atoms in total. The molecule has 0 aromatic rings. The number of rotatable bonds is 0. The van der Waals surface area contributed by atoms with Crippen LogP contribution in [0.25, 0.3) is 0 Å². The Labute approximate surface area is 133 Å². The van der Waals surface area contributed by atoms with E-state index in [9.17, 15) is 9.90 Å². The van der Waals surface area contributed by atoms with Gasteiger partial charge in [-0.15, -0.1) is 0 Å². The molecule has 0 aromatic carbocycles. The van der Waals surface area contributed by atoms with Crippen LogP contribution in [0, 0.1) is 34.5 Å². The van der Waals surface area contributed by atoms with E-state index in [2.05, 4.69) is 25.2 Å². The number of hydrogen-bond donors (Lipinski definition) is 2. The van der Waals surface area contributed by atoms with Gasteiger partial charge in [-0.2, -0.15) is 0 Å². The van der Waals surface area contributed by atoms with Crippen LogP contribution in [0.2, 0.25) is 0 Å². The molecule has 1 aliphatic heterocycles. The predicted molar refractivity (Wildman–Crippen MR) is 86.2 cm³/mol. The zero-order valence-corrected chi connectivity index (χ0v) is 13.9. The zero-order chi connectivity index (χ0) is 15.5. The zero-order valence-electron chi connectivity index (χ0n) is 13.9. The Morgan fingerprint density at radius 3 is 2.82 bits per heavy atom. The molecule has 1 amide bonds. The summed E-state index contributed by atoms with van der Waals surface area (Å²) in [6, 6.07) is 0. The van der Waals surface area contributed by atoms with Crippen LogP contribution in [-0.2, 0) is 4.79 Å². The Morgan fingerprint density at radius 2 is 2.00 bits per heavy atom. The van der Waals surface area contributed by atoms with Gasteiger partial charge in [0.05, 0.1) is 5.76 Å². The lowest BCUT2D eigenvalue weighted by atomic mass is 9.46. The molecule has 0 bridgehead atoms. The topological polar surface area (TPSA) is 49.3 Å². The lowest BCUT2D eigenvalue weighted by Crippen LogP contribution is -2.51. The maximum absolute atomic E-state index is 12.0. The molecule has 22 heavy (non-hydrogen) atoms. The molecule has 0 unspecified atom stereocenters. The highest BCUT2D eigenvalue weighted by Gasteiger charge is 2.58. The summed E-state index contributed by atoms with van der Waals surface area (Å²) in [4.78, 5) is 12.0. The first kappa shape index (κ1) is 14.6. The first-order chi connectivity index (χ1) is 10.4. The summed E-state index contributed by atoms with van der Waals surface area (Å²) in [7, 11) is 0. The van der Waals surface area contributed by atoms with Crippen molar-refractivity contribution >= 4 is 5.91 Å². The fourth-order valence-electron chi connectivity index (χ4n) is 6.57. The van der Waals surface area contributed by atoms with Gasteiger partial charge >= 0.3 is 0 Å². The first-order valence-corrected chi connectivity index (χ1v) is 9.11. The van der Waals surface area contributed by atoms with Crippen molar-refractivity contribution in [3.63, 3.8) is 0 Å². The van der Waals surface area contributed by atoms with Crippen molar-refractivity contribution in [2.45, 2.75) is 58.8 Å². The van der Waals surface area contributed by atoms with E-state index in [1.165, 1.54) is 19.3 Å². The molecular formula is C19H29NO2. The molecule has 4 aliphatic rings. The highest BCUT2D eigenvalue weighted by molar-refractivity contribution is 5.76. The molecule has 2 N–H and O–H groups in total. The minimum Gasteiger partial charge on any atom is -0.512 e. The van der Waals surface area contributed by atoms with E-state index in [1.807, 2.05) is 0 Å². The normalized spacial score (nSPS) is 51.0. The van der Waals surface area contributed by atoms with Crippen molar-refractivity contribution in [3.05, 3.63) is 11.8 Å². The van der Waals surface area contributed by atoms with Crippen LogP contribution in [0.4, 0.5) is 0 Å². The average Bonchev–Trinajstić information content (AvgIpc) is 2.68. The Morgan fingerprint density at radius 1 is 1.18 bits per heavy atom. The van der Waals surface area contributed by atoms with Crippen LogP contribution in [-0.4, -0.2) is 17.6 Å². The second kappa shape index (κ2) is 4.75. The van der Waals surface area contributed by atoms with Gasteiger partial charge in [-0.05, 0) is 73.7 Å². The van der Waals surface area contributed by atoms with Gasteiger partial charge in [0.2, 0.25) is 5.91 Å². The lowest BCUT2D eigenvalue weighted by Gasteiger charge is -2.58. The summed E-state index contributed by atoms with van der Waals surface area (Å²) in [5, 5.41) is 13.4. The monoisotopic (exact) mass is 303 g/mol. The van der Waals surface area contributed by atoms with Gasteiger partial charge in [0, 0.05) is 18.4 Å². The number of fused-ring (bicyclic) bond motifs is 5. The van der Waals surface area contributed by atoms with Crippen molar-refractivity contribution in [1.29, 1.82) is 0 Å². The van der Waals surface area contributed by atoms with Crippen LogP contribution < -0.4 is 5.32 Å². The van der Waals surface area contributed by atoms with Crippen LogP contribution >= 0.6 is 0 Å². The van der Waals surface area contributed by atoms with E-state index in [1.54, 1.807) is 0 Å². The lowest BCUT2D eigenvalue weighted by molar-refractivity contribution is -0.125. The Kier molecular flexibility index (Phi) is 3.15. The summed E-state index contributed by atoms with van der Waals surface area (Å²) in [5.74, 6) is 3.55. The van der Waals surface area contributed by atoms with Crippen molar-refractivity contribution < 1.29 is 9.90 Å². The highest BCUT2D eigenvalue weighted by Crippen LogP contribution is 2.64. The van der Waals surface area contributed by atoms with E-state index < -0.39 is 0 Å². The molecule has 0 aromatic heterocycles. The molecule has 0 spiro atoms. The SMILES string of the molecule is C[C@]12CCNC(=O)C[C@@H]1CC[C@@H]1[C@@H]2CC[C@]2(C)C(O)=CC[C@@H]12. The molecule has 1 saturated heterocycles. The fraction of sp³-hybridized carbons (Fsp3) is 0.842. The number of amides is 1. The molecule has 3 fully saturated rings. The largest absolute Gasteiger partial charge is 0.512 e. The second-order valence-corrected chi connectivity index (χ2v) is 8.74. The molecule has 0 radical (unpaired) electrons. The van der Waals surface area contributed by atoms with Crippen molar-refractivity contribution in [2.75, 3.05) is 6.54 Å². The molecular weight excluding hydrogens is 274 g/mol. The summed E-state index contributed by atoms with van der Waals surface area (Å²) >= 11 is 0. The molecule has 2 saturated carbocycles. The quantitative estimate of drug-likeness (QED) is 0.715. The summed E-state index contributed by atoms with van der Waals surface area (Å²) in [5.41, 5.74) is 0.338. The fourth-order valence-corrected chi connectivity index (χ4v) is 6.57. The van der Waals surface area contributed by atoms with Gasteiger partial charge < -0.3 is 10.4 Å². The van der Waals surface area contributed by atoms with Gasteiger partial charge in [0.1, 0.15) is 0 Å². The molecule has 3 heteroatoms. The third kappa shape index (κ3) is 1.83. The Balaban J connectivity index is 1.65. The Bertz CT molecular complexity index is 528. The summed E-state index contributed by atoms with van der Waals surface area (Å²) < 4.78 is 0. The average molecular weight is 303 g/mol. The number of aliphatic hydroxyl groups excluding tert-OH is 1. The predicted octanol–water partition coefficient (Wildman–Crippen LogP) is 3.81. The van der Waals surface area contributed by atoms with Crippen LogP contribution in [0.15, 0.2) is 11.8 Å². The van der Waals surface area contributed by atoms with E-state index in [0.29, 0.717) is 23.0 Å². The van der Waals surface area contributed by atoms with Crippen LogP contribution in [0.3, 0.4) is 0 Å². The third-order valence-corrected chi connectivity index (χ3v) is 8.02. The molecule has 3 aliphatic carbocycles. The van der Waals surface area contributed by atoms with Crippen LogP contribution in [0.1, 0.15) is 58.8 Å². The number of hydrogen-bond acceptors (Lipinski definition) is 2.